The largest absolute Gasteiger partial charge is 0.494 e. The normalized spacial score (nSPS) is 11.7. The fraction of sp³-hybridized carbons (Fsp3) is 0.381. The fourth-order valence-corrected chi connectivity index (χ4v) is 3.21. The van der Waals surface area contributed by atoms with E-state index in [4.69, 9.17) is 9.47 Å². The highest BCUT2D eigenvalue weighted by molar-refractivity contribution is 9.10. The number of unbranched alkanes of at least 4 members (excludes halogenated alkanes) is 1. The third kappa shape index (κ3) is 5.77. The molecule has 2 aromatic carbocycles. The van der Waals surface area contributed by atoms with Gasteiger partial charge in [-0.05, 0) is 74.7 Å². The number of hydrogen-bond donors (Lipinski definition) is 1. The monoisotopic (exact) mass is 419 g/mol. The smallest absolute Gasteiger partial charge is 0.265 e. The van der Waals surface area contributed by atoms with E-state index in [1.54, 1.807) is 6.92 Å². The molecule has 2 aromatic rings. The summed E-state index contributed by atoms with van der Waals surface area (Å²) in [5.74, 6) is 1.36. The van der Waals surface area contributed by atoms with Crippen molar-refractivity contribution in [3.05, 3.63) is 52.0 Å². The Bertz CT molecular complexity index is 720. The van der Waals surface area contributed by atoms with E-state index in [9.17, 15) is 4.79 Å². The van der Waals surface area contributed by atoms with E-state index in [0.717, 1.165) is 45.6 Å². The summed E-state index contributed by atoms with van der Waals surface area (Å²) in [6.45, 7) is 8.52. The fourth-order valence-electron chi connectivity index (χ4n) is 2.53. The number of carbonyl (C=O) groups is 1. The number of ether oxygens (including phenoxy) is 2. The van der Waals surface area contributed by atoms with Gasteiger partial charge in [0, 0.05) is 10.2 Å². The molecule has 0 saturated carbocycles. The Morgan fingerprint density at radius 1 is 1.15 bits per heavy atom. The average molecular weight is 420 g/mol. The maximum Gasteiger partial charge on any atom is 0.265 e. The maximum absolute atomic E-state index is 12.4. The van der Waals surface area contributed by atoms with Crippen LogP contribution in [0.1, 0.15) is 37.8 Å². The first-order valence-corrected chi connectivity index (χ1v) is 9.67. The van der Waals surface area contributed by atoms with Gasteiger partial charge in [0.25, 0.3) is 5.91 Å². The van der Waals surface area contributed by atoms with Crippen molar-refractivity contribution in [2.45, 2.75) is 46.6 Å². The number of rotatable bonds is 8. The molecule has 0 saturated heterocycles. The zero-order valence-corrected chi connectivity index (χ0v) is 17.4. The molecule has 0 aliphatic carbocycles. The average Bonchev–Trinajstić information content (AvgIpc) is 2.59. The predicted molar refractivity (Wildman–Crippen MR) is 109 cm³/mol. The van der Waals surface area contributed by atoms with Crippen molar-refractivity contribution in [1.82, 2.24) is 0 Å². The second-order valence-electron chi connectivity index (χ2n) is 6.34. The van der Waals surface area contributed by atoms with E-state index in [-0.39, 0.29) is 5.91 Å². The number of benzene rings is 2. The van der Waals surface area contributed by atoms with Gasteiger partial charge in [0.2, 0.25) is 0 Å². The summed E-state index contributed by atoms with van der Waals surface area (Å²) in [5.41, 5.74) is 2.70. The number of carbonyl (C=O) groups excluding carboxylic acids is 1. The number of aryl methyl sites for hydroxylation is 2. The minimum Gasteiger partial charge on any atom is -0.494 e. The minimum absolute atomic E-state index is 0.189. The van der Waals surface area contributed by atoms with Crippen molar-refractivity contribution in [3.8, 4) is 11.5 Å². The van der Waals surface area contributed by atoms with Crippen LogP contribution in [-0.2, 0) is 4.79 Å². The van der Waals surface area contributed by atoms with Gasteiger partial charge in [-0.15, -0.1) is 0 Å². The summed E-state index contributed by atoms with van der Waals surface area (Å²) in [7, 11) is 0. The van der Waals surface area contributed by atoms with Crippen LogP contribution < -0.4 is 14.8 Å². The number of amides is 1. The lowest BCUT2D eigenvalue weighted by Crippen LogP contribution is -2.30. The van der Waals surface area contributed by atoms with Crippen molar-refractivity contribution >= 4 is 27.5 Å². The molecule has 0 spiro atoms. The van der Waals surface area contributed by atoms with E-state index in [2.05, 4.69) is 28.2 Å². The molecule has 0 aliphatic rings. The van der Waals surface area contributed by atoms with Crippen LogP contribution >= 0.6 is 15.9 Å². The van der Waals surface area contributed by atoms with E-state index in [1.807, 2.05) is 50.2 Å². The molecule has 26 heavy (non-hydrogen) atoms. The topological polar surface area (TPSA) is 47.6 Å². The zero-order chi connectivity index (χ0) is 19.1. The first-order chi connectivity index (χ1) is 12.4. The highest BCUT2D eigenvalue weighted by atomic mass is 79.9. The second kappa shape index (κ2) is 9.62. The summed E-state index contributed by atoms with van der Waals surface area (Å²) < 4.78 is 12.5. The maximum atomic E-state index is 12.4. The quantitative estimate of drug-likeness (QED) is 0.562. The van der Waals surface area contributed by atoms with E-state index in [1.165, 1.54) is 0 Å². The Kier molecular flexibility index (Phi) is 7.51. The predicted octanol–water partition coefficient (Wildman–Crippen LogP) is 5.65. The van der Waals surface area contributed by atoms with Crippen LogP contribution in [0.15, 0.2) is 40.9 Å². The molecule has 1 unspecified atom stereocenters. The van der Waals surface area contributed by atoms with Crippen LogP contribution in [0.3, 0.4) is 0 Å². The Labute approximate surface area is 164 Å². The molecular weight excluding hydrogens is 394 g/mol. The molecule has 0 fully saturated rings. The van der Waals surface area contributed by atoms with Crippen molar-refractivity contribution in [3.63, 3.8) is 0 Å². The van der Waals surface area contributed by atoms with Gasteiger partial charge in [-0.25, -0.2) is 0 Å². The van der Waals surface area contributed by atoms with E-state index in [0.29, 0.717) is 6.61 Å². The van der Waals surface area contributed by atoms with Gasteiger partial charge >= 0.3 is 0 Å². The Morgan fingerprint density at radius 2 is 1.77 bits per heavy atom. The lowest BCUT2D eigenvalue weighted by Gasteiger charge is -2.18. The van der Waals surface area contributed by atoms with Crippen LogP contribution in [0, 0.1) is 13.8 Å². The molecule has 0 radical (unpaired) electrons. The first-order valence-electron chi connectivity index (χ1n) is 8.87. The molecule has 0 heterocycles. The van der Waals surface area contributed by atoms with Gasteiger partial charge in [-0.3, -0.25) is 4.79 Å². The van der Waals surface area contributed by atoms with Crippen molar-refractivity contribution in [1.29, 1.82) is 0 Å². The SMILES string of the molecule is CCCCOc1ccc(NC(=O)C(C)Oc2c(C)cc(Br)cc2C)cc1. The molecule has 2 rings (SSSR count). The third-order valence-electron chi connectivity index (χ3n) is 3.98. The summed E-state index contributed by atoms with van der Waals surface area (Å²) in [5, 5.41) is 2.88. The molecular formula is C21H26BrNO3. The first kappa shape index (κ1) is 20.3. The van der Waals surface area contributed by atoms with Crippen LogP contribution in [0.2, 0.25) is 0 Å². The van der Waals surface area contributed by atoms with Crippen LogP contribution in [0.5, 0.6) is 11.5 Å². The van der Waals surface area contributed by atoms with Crippen LogP contribution in [0.4, 0.5) is 5.69 Å². The van der Waals surface area contributed by atoms with Gasteiger partial charge in [0.15, 0.2) is 6.10 Å². The Hall–Kier alpha value is -2.01. The zero-order valence-electron chi connectivity index (χ0n) is 15.8. The molecule has 0 aliphatic heterocycles. The summed E-state index contributed by atoms with van der Waals surface area (Å²) in [4.78, 5) is 12.4. The Balaban J connectivity index is 1.95. The second-order valence-corrected chi connectivity index (χ2v) is 7.26. The van der Waals surface area contributed by atoms with Gasteiger partial charge < -0.3 is 14.8 Å². The highest BCUT2D eigenvalue weighted by Crippen LogP contribution is 2.28. The third-order valence-corrected chi connectivity index (χ3v) is 4.44. The number of hydrogen-bond acceptors (Lipinski definition) is 3. The molecule has 4 nitrogen and oxygen atoms in total. The van der Waals surface area contributed by atoms with E-state index >= 15 is 0 Å². The van der Waals surface area contributed by atoms with Crippen LogP contribution in [0.25, 0.3) is 0 Å². The van der Waals surface area contributed by atoms with Gasteiger partial charge in [0.1, 0.15) is 11.5 Å². The lowest BCUT2D eigenvalue weighted by atomic mass is 10.1. The van der Waals surface area contributed by atoms with Crippen LogP contribution in [-0.4, -0.2) is 18.6 Å². The van der Waals surface area contributed by atoms with E-state index < -0.39 is 6.10 Å². The lowest BCUT2D eigenvalue weighted by molar-refractivity contribution is -0.122. The van der Waals surface area contributed by atoms with Crippen molar-refractivity contribution < 1.29 is 14.3 Å². The number of anilines is 1. The highest BCUT2D eigenvalue weighted by Gasteiger charge is 2.17. The molecule has 1 atom stereocenters. The van der Waals surface area contributed by atoms with Crippen molar-refractivity contribution in [2.75, 3.05) is 11.9 Å². The van der Waals surface area contributed by atoms with Gasteiger partial charge in [0.05, 0.1) is 6.61 Å². The Morgan fingerprint density at radius 3 is 2.35 bits per heavy atom. The van der Waals surface area contributed by atoms with Gasteiger partial charge in [-0.2, -0.15) is 0 Å². The van der Waals surface area contributed by atoms with Crippen molar-refractivity contribution in [2.24, 2.45) is 0 Å². The molecule has 140 valence electrons. The number of halogens is 1. The molecule has 5 heteroatoms. The standard InChI is InChI=1S/C21H26BrNO3/c1-5-6-11-25-19-9-7-18(8-10-19)23-21(24)16(4)26-20-14(2)12-17(22)13-15(20)3/h7-10,12-13,16H,5-6,11H2,1-4H3,(H,23,24). The summed E-state index contributed by atoms with van der Waals surface area (Å²) in [6, 6.07) is 11.3. The molecule has 0 bridgehead atoms. The molecule has 1 amide bonds. The summed E-state index contributed by atoms with van der Waals surface area (Å²) in [6.07, 6.45) is 1.53. The van der Waals surface area contributed by atoms with Gasteiger partial charge in [-0.1, -0.05) is 29.3 Å². The molecule has 1 N–H and O–H groups in total. The minimum atomic E-state index is -0.603. The molecule has 0 aromatic heterocycles. The number of nitrogens with one attached hydrogen (secondary N) is 1. The summed E-state index contributed by atoms with van der Waals surface area (Å²) >= 11 is 3.47.